The van der Waals surface area contributed by atoms with Gasteiger partial charge in [0.2, 0.25) is 5.82 Å². The predicted molar refractivity (Wildman–Crippen MR) is 66.5 cm³/mol. The van der Waals surface area contributed by atoms with Gasteiger partial charge in [-0.3, -0.25) is 10.1 Å². The molecule has 0 fully saturated rings. The Kier molecular flexibility index (Phi) is 2.56. The lowest BCUT2D eigenvalue weighted by atomic mass is 10.1. The summed E-state index contributed by atoms with van der Waals surface area (Å²) in [6.45, 7) is 0. The molecule has 0 spiro atoms. The van der Waals surface area contributed by atoms with Gasteiger partial charge in [0, 0.05) is 11.6 Å². The van der Waals surface area contributed by atoms with Crippen LogP contribution in [-0.4, -0.2) is 4.92 Å². The Hall–Kier alpha value is -2.63. The van der Waals surface area contributed by atoms with Crippen LogP contribution in [0.5, 0.6) is 5.75 Å². The van der Waals surface area contributed by atoms with Crippen molar-refractivity contribution in [2.24, 2.45) is 0 Å². The third kappa shape index (κ3) is 1.97. The van der Waals surface area contributed by atoms with Crippen molar-refractivity contribution in [1.29, 1.82) is 0 Å². The Labute approximate surface area is 107 Å². The minimum atomic E-state index is -0.857. The second-order valence-corrected chi connectivity index (χ2v) is 4.11. The summed E-state index contributed by atoms with van der Waals surface area (Å²) in [5.41, 5.74) is 0.752. The zero-order valence-corrected chi connectivity index (χ0v) is 9.67. The average Bonchev–Trinajstić information content (AvgIpc) is 2.82. The first-order valence-electron chi connectivity index (χ1n) is 5.61. The number of hydrogen-bond donors (Lipinski definition) is 1. The average molecular weight is 260 g/mol. The van der Waals surface area contributed by atoms with Crippen LogP contribution in [0.2, 0.25) is 0 Å². The monoisotopic (exact) mass is 260 g/mol. The van der Waals surface area contributed by atoms with E-state index in [4.69, 9.17) is 4.74 Å². The standard InChI is InChI=1S/C13H9FN2O3/c14-9-6-5-8(7-11(9)16(17)18)13-15-10-3-1-2-4-12(10)19-13/h1-7,13,15H. The van der Waals surface area contributed by atoms with E-state index in [9.17, 15) is 14.5 Å². The first-order valence-corrected chi connectivity index (χ1v) is 5.61. The molecule has 1 N–H and O–H groups in total. The van der Waals surface area contributed by atoms with Gasteiger partial charge in [0.05, 0.1) is 10.6 Å². The zero-order chi connectivity index (χ0) is 13.4. The summed E-state index contributed by atoms with van der Waals surface area (Å²) >= 11 is 0. The van der Waals surface area contributed by atoms with Gasteiger partial charge < -0.3 is 10.1 Å². The summed E-state index contributed by atoms with van der Waals surface area (Å²) in [7, 11) is 0. The molecule has 1 unspecified atom stereocenters. The summed E-state index contributed by atoms with van der Waals surface area (Å²) < 4.78 is 18.9. The van der Waals surface area contributed by atoms with Crippen LogP contribution in [0, 0.1) is 15.9 Å². The lowest BCUT2D eigenvalue weighted by molar-refractivity contribution is -0.387. The molecule has 2 aromatic carbocycles. The highest BCUT2D eigenvalue weighted by Crippen LogP contribution is 2.38. The second kappa shape index (κ2) is 4.24. The number of ether oxygens (including phenoxy) is 1. The van der Waals surface area contributed by atoms with Gasteiger partial charge >= 0.3 is 5.69 Å². The summed E-state index contributed by atoms with van der Waals surface area (Å²) in [6, 6.07) is 11.0. The molecule has 1 aliphatic rings. The highest BCUT2D eigenvalue weighted by atomic mass is 19.1. The maximum Gasteiger partial charge on any atom is 0.305 e. The predicted octanol–water partition coefficient (Wildman–Crippen LogP) is 3.24. The summed E-state index contributed by atoms with van der Waals surface area (Å²) in [5, 5.41) is 13.8. The number of nitro benzene ring substituents is 1. The molecule has 0 bridgehead atoms. The molecule has 1 heterocycles. The molecule has 0 saturated heterocycles. The van der Waals surface area contributed by atoms with Gasteiger partial charge in [0.15, 0.2) is 6.23 Å². The first-order chi connectivity index (χ1) is 9.15. The van der Waals surface area contributed by atoms with E-state index >= 15 is 0 Å². The molecular weight excluding hydrogens is 251 g/mol. The van der Waals surface area contributed by atoms with E-state index in [1.807, 2.05) is 18.2 Å². The molecular formula is C13H9FN2O3. The molecule has 96 valence electrons. The van der Waals surface area contributed by atoms with Gasteiger partial charge in [-0.1, -0.05) is 12.1 Å². The molecule has 6 heteroatoms. The number of nitro groups is 1. The molecule has 0 amide bonds. The maximum atomic E-state index is 13.3. The van der Waals surface area contributed by atoms with E-state index in [0.717, 1.165) is 11.8 Å². The van der Waals surface area contributed by atoms with Gasteiger partial charge in [0.25, 0.3) is 0 Å². The smallest absolute Gasteiger partial charge is 0.305 e. The summed E-state index contributed by atoms with van der Waals surface area (Å²) in [4.78, 5) is 9.96. The van der Waals surface area contributed by atoms with E-state index in [2.05, 4.69) is 5.32 Å². The Morgan fingerprint density at radius 3 is 2.79 bits per heavy atom. The summed E-state index contributed by atoms with van der Waals surface area (Å²) in [6.07, 6.45) is -0.545. The van der Waals surface area contributed by atoms with Crippen LogP contribution >= 0.6 is 0 Å². The van der Waals surface area contributed by atoms with Crippen molar-refractivity contribution < 1.29 is 14.1 Å². The molecule has 19 heavy (non-hydrogen) atoms. The fourth-order valence-corrected chi connectivity index (χ4v) is 1.97. The number of anilines is 1. The third-order valence-electron chi connectivity index (χ3n) is 2.89. The molecule has 1 aliphatic heterocycles. The van der Waals surface area contributed by atoms with Crippen molar-refractivity contribution in [3.63, 3.8) is 0 Å². The number of fused-ring (bicyclic) bond motifs is 1. The number of nitrogens with zero attached hydrogens (tertiary/aromatic N) is 1. The Bertz CT molecular complexity index is 635. The van der Waals surface area contributed by atoms with Crippen molar-refractivity contribution >= 4 is 11.4 Å². The van der Waals surface area contributed by atoms with Crippen molar-refractivity contribution in [3.8, 4) is 5.75 Å². The first kappa shape index (κ1) is 11.5. The quantitative estimate of drug-likeness (QED) is 0.665. The minimum absolute atomic E-state index is 0.504. The van der Waals surface area contributed by atoms with Gasteiger partial charge in [-0.25, -0.2) is 0 Å². The van der Waals surface area contributed by atoms with E-state index in [0.29, 0.717) is 11.3 Å². The molecule has 1 atom stereocenters. The molecule has 0 radical (unpaired) electrons. The lowest BCUT2D eigenvalue weighted by Gasteiger charge is -2.11. The van der Waals surface area contributed by atoms with Crippen molar-refractivity contribution in [3.05, 3.63) is 64.0 Å². The number of para-hydroxylation sites is 2. The SMILES string of the molecule is O=[N+]([O-])c1cc(C2Nc3ccccc3O2)ccc1F. The van der Waals surface area contributed by atoms with E-state index in [-0.39, 0.29) is 0 Å². The van der Waals surface area contributed by atoms with E-state index in [1.54, 1.807) is 6.07 Å². The Morgan fingerprint density at radius 2 is 2.05 bits per heavy atom. The van der Waals surface area contributed by atoms with Gasteiger partial charge in [-0.05, 0) is 24.3 Å². The third-order valence-corrected chi connectivity index (χ3v) is 2.89. The second-order valence-electron chi connectivity index (χ2n) is 4.11. The maximum absolute atomic E-state index is 13.3. The van der Waals surface area contributed by atoms with Crippen molar-refractivity contribution in [2.45, 2.75) is 6.23 Å². The fraction of sp³-hybridized carbons (Fsp3) is 0.0769. The van der Waals surface area contributed by atoms with Crippen LogP contribution < -0.4 is 10.1 Å². The number of benzene rings is 2. The minimum Gasteiger partial charge on any atom is -0.464 e. The Balaban J connectivity index is 1.93. The number of hydrogen-bond acceptors (Lipinski definition) is 4. The fourth-order valence-electron chi connectivity index (χ4n) is 1.97. The van der Waals surface area contributed by atoms with Crippen LogP contribution in [0.1, 0.15) is 11.8 Å². The van der Waals surface area contributed by atoms with Crippen molar-refractivity contribution in [1.82, 2.24) is 0 Å². The van der Waals surface area contributed by atoms with Crippen LogP contribution in [0.15, 0.2) is 42.5 Å². The van der Waals surface area contributed by atoms with Crippen LogP contribution in [0.25, 0.3) is 0 Å². The number of nitrogens with one attached hydrogen (secondary N) is 1. The van der Waals surface area contributed by atoms with Crippen molar-refractivity contribution in [2.75, 3.05) is 5.32 Å². The molecule has 0 saturated carbocycles. The topological polar surface area (TPSA) is 64.4 Å². The highest BCUT2D eigenvalue weighted by molar-refractivity contribution is 5.61. The number of halogens is 1. The van der Waals surface area contributed by atoms with E-state index in [1.165, 1.54) is 12.1 Å². The van der Waals surface area contributed by atoms with Gasteiger partial charge in [-0.15, -0.1) is 0 Å². The zero-order valence-electron chi connectivity index (χ0n) is 9.67. The Morgan fingerprint density at radius 1 is 1.26 bits per heavy atom. The lowest BCUT2D eigenvalue weighted by Crippen LogP contribution is -2.10. The normalized spacial score (nSPS) is 16.4. The summed E-state index contributed by atoms with van der Waals surface area (Å²) in [5.74, 6) is -0.191. The van der Waals surface area contributed by atoms with Gasteiger partial charge in [0.1, 0.15) is 5.75 Å². The van der Waals surface area contributed by atoms with E-state index < -0.39 is 22.7 Å². The largest absolute Gasteiger partial charge is 0.464 e. The van der Waals surface area contributed by atoms with Crippen LogP contribution in [0.3, 0.4) is 0 Å². The van der Waals surface area contributed by atoms with Gasteiger partial charge in [-0.2, -0.15) is 4.39 Å². The molecule has 2 aromatic rings. The molecule has 0 aromatic heterocycles. The number of rotatable bonds is 2. The molecule has 5 nitrogen and oxygen atoms in total. The van der Waals surface area contributed by atoms with Crippen LogP contribution in [-0.2, 0) is 0 Å². The van der Waals surface area contributed by atoms with Crippen LogP contribution in [0.4, 0.5) is 15.8 Å². The molecule has 0 aliphatic carbocycles. The highest BCUT2D eigenvalue weighted by Gasteiger charge is 2.25. The molecule has 3 rings (SSSR count).